The second kappa shape index (κ2) is 7.87. The lowest BCUT2D eigenvalue weighted by Crippen LogP contribution is -2.25. The fourth-order valence-corrected chi connectivity index (χ4v) is 3.53. The van der Waals surface area contributed by atoms with Crippen molar-refractivity contribution in [1.82, 2.24) is 0 Å². The number of hydrogen-bond donors (Lipinski definition) is 1. The van der Waals surface area contributed by atoms with Crippen molar-refractivity contribution in [3.8, 4) is 5.75 Å². The molecule has 0 heterocycles. The van der Waals surface area contributed by atoms with Crippen LogP contribution in [0.15, 0.2) is 51.8 Å². The summed E-state index contributed by atoms with van der Waals surface area (Å²) in [6.45, 7) is 2.11. The van der Waals surface area contributed by atoms with Crippen LogP contribution in [0, 0.1) is 6.92 Å². The number of nitrogens with two attached hydrogens (primary N) is 1. The zero-order chi connectivity index (χ0) is 15.2. The van der Waals surface area contributed by atoms with Crippen LogP contribution in [0.5, 0.6) is 5.75 Å². The number of aryl methyl sites for hydroxylation is 1. The molecule has 0 aliphatic rings. The zero-order valence-corrected chi connectivity index (χ0v) is 14.7. The minimum absolute atomic E-state index is 0.0960. The van der Waals surface area contributed by atoms with Crippen LogP contribution in [0.25, 0.3) is 0 Å². The summed E-state index contributed by atoms with van der Waals surface area (Å²) in [6.07, 6.45) is 0.807. The quantitative estimate of drug-likeness (QED) is 0.769. The molecule has 0 amide bonds. The van der Waals surface area contributed by atoms with Gasteiger partial charge in [-0.25, -0.2) is 0 Å². The highest BCUT2D eigenvalue weighted by Gasteiger charge is 2.10. The molecule has 0 saturated heterocycles. The Morgan fingerprint density at radius 1 is 1.24 bits per heavy atom. The van der Waals surface area contributed by atoms with Crippen molar-refractivity contribution in [1.29, 1.82) is 0 Å². The van der Waals surface area contributed by atoms with Crippen molar-refractivity contribution >= 4 is 27.7 Å². The fourth-order valence-electron chi connectivity index (χ4n) is 2.16. The van der Waals surface area contributed by atoms with Gasteiger partial charge in [-0.15, -0.1) is 11.8 Å². The molecule has 1 unspecified atom stereocenters. The Labute approximate surface area is 139 Å². The first kappa shape index (κ1) is 16.4. The van der Waals surface area contributed by atoms with Crippen molar-refractivity contribution in [3.05, 3.63) is 58.1 Å². The smallest absolute Gasteiger partial charge is 0.122 e. The first-order chi connectivity index (χ1) is 10.1. The summed E-state index contributed by atoms with van der Waals surface area (Å²) in [4.78, 5) is 1.27. The zero-order valence-electron chi connectivity index (χ0n) is 12.3. The molecule has 0 radical (unpaired) electrons. The molecule has 0 fully saturated rings. The van der Waals surface area contributed by atoms with E-state index in [0.29, 0.717) is 0 Å². The summed E-state index contributed by atoms with van der Waals surface area (Å²) >= 11 is 5.30. The lowest BCUT2D eigenvalue weighted by molar-refractivity contribution is 0.408. The number of rotatable bonds is 6. The molecule has 2 aromatic rings. The Morgan fingerprint density at radius 3 is 2.76 bits per heavy atom. The highest BCUT2D eigenvalue weighted by Crippen LogP contribution is 2.25. The Morgan fingerprint density at radius 2 is 2.05 bits per heavy atom. The van der Waals surface area contributed by atoms with Gasteiger partial charge in [-0.3, -0.25) is 0 Å². The highest BCUT2D eigenvalue weighted by molar-refractivity contribution is 9.10. The number of methoxy groups -OCH3 is 1. The largest absolute Gasteiger partial charge is 0.496 e. The van der Waals surface area contributed by atoms with Gasteiger partial charge in [0.2, 0.25) is 0 Å². The summed E-state index contributed by atoms with van der Waals surface area (Å²) < 4.78 is 6.45. The van der Waals surface area contributed by atoms with E-state index in [9.17, 15) is 0 Å². The lowest BCUT2D eigenvalue weighted by atomic mass is 10.1. The van der Waals surface area contributed by atoms with Gasteiger partial charge in [0.05, 0.1) is 7.11 Å². The fraction of sp³-hybridized carbons (Fsp3) is 0.294. The maximum atomic E-state index is 6.27. The standard InChI is InChI=1S/C17H20BrNOS/c1-12-4-3-5-16(8-12)21-11-15(19)10-13-9-14(18)6-7-17(13)20-2/h3-9,15H,10-11,19H2,1-2H3. The predicted molar refractivity (Wildman–Crippen MR) is 94.3 cm³/mol. The number of thioether (sulfide) groups is 1. The third-order valence-electron chi connectivity index (χ3n) is 3.18. The molecule has 4 heteroatoms. The topological polar surface area (TPSA) is 35.2 Å². The van der Waals surface area contributed by atoms with E-state index in [1.54, 1.807) is 18.9 Å². The molecule has 0 aliphatic carbocycles. The summed E-state index contributed by atoms with van der Waals surface area (Å²) in [7, 11) is 1.69. The van der Waals surface area contributed by atoms with Crippen molar-refractivity contribution in [2.45, 2.75) is 24.3 Å². The summed E-state index contributed by atoms with van der Waals surface area (Å²) in [5, 5.41) is 0. The van der Waals surface area contributed by atoms with Crippen molar-refractivity contribution < 1.29 is 4.74 Å². The van der Waals surface area contributed by atoms with E-state index in [2.05, 4.69) is 53.2 Å². The molecule has 2 N–H and O–H groups in total. The van der Waals surface area contributed by atoms with Crippen LogP contribution in [0.4, 0.5) is 0 Å². The summed E-state index contributed by atoms with van der Waals surface area (Å²) in [5.74, 6) is 1.79. The Balaban J connectivity index is 1.95. The van der Waals surface area contributed by atoms with Crippen molar-refractivity contribution in [2.24, 2.45) is 5.73 Å². The van der Waals surface area contributed by atoms with Crippen molar-refractivity contribution in [3.63, 3.8) is 0 Å². The molecule has 0 aliphatic heterocycles. The van der Waals surface area contributed by atoms with E-state index in [1.165, 1.54) is 10.5 Å². The minimum atomic E-state index is 0.0960. The maximum absolute atomic E-state index is 6.27. The number of ether oxygens (including phenoxy) is 1. The van der Waals surface area contributed by atoms with Crippen molar-refractivity contribution in [2.75, 3.05) is 12.9 Å². The Bertz CT molecular complexity index is 603. The maximum Gasteiger partial charge on any atom is 0.122 e. The van der Waals surface area contributed by atoms with Crippen LogP contribution < -0.4 is 10.5 Å². The first-order valence-corrected chi connectivity index (χ1v) is 8.64. The molecule has 0 bridgehead atoms. The van der Waals surface area contributed by atoms with E-state index < -0.39 is 0 Å². The summed E-state index contributed by atoms with van der Waals surface area (Å²) in [6, 6.07) is 14.6. The Kier molecular flexibility index (Phi) is 6.15. The van der Waals surface area contributed by atoms with Gasteiger partial charge in [0, 0.05) is 21.2 Å². The van der Waals surface area contributed by atoms with Gasteiger partial charge < -0.3 is 10.5 Å². The van der Waals surface area contributed by atoms with Gasteiger partial charge in [-0.2, -0.15) is 0 Å². The molecular weight excluding hydrogens is 346 g/mol. The number of halogens is 1. The van der Waals surface area contributed by atoms with Gasteiger partial charge in [-0.1, -0.05) is 33.6 Å². The van der Waals surface area contributed by atoms with Gasteiger partial charge in [-0.05, 0) is 49.2 Å². The Hall–Kier alpha value is -0.970. The number of benzene rings is 2. The molecule has 0 saturated carbocycles. The average Bonchev–Trinajstić information content (AvgIpc) is 2.45. The van der Waals surface area contributed by atoms with Gasteiger partial charge in [0.25, 0.3) is 0 Å². The van der Waals surface area contributed by atoms with Crippen LogP contribution in [0.2, 0.25) is 0 Å². The summed E-state index contributed by atoms with van der Waals surface area (Å²) in [5.41, 5.74) is 8.70. The highest BCUT2D eigenvalue weighted by atomic mass is 79.9. The van der Waals surface area contributed by atoms with Crippen LogP contribution >= 0.6 is 27.7 Å². The molecule has 2 nitrogen and oxygen atoms in total. The van der Waals surface area contributed by atoms with Gasteiger partial charge in [0.1, 0.15) is 5.75 Å². The van der Waals surface area contributed by atoms with E-state index in [4.69, 9.17) is 10.5 Å². The second-order valence-electron chi connectivity index (χ2n) is 5.05. The first-order valence-electron chi connectivity index (χ1n) is 6.86. The van der Waals surface area contributed by atoms with Crippen LogP contribution in [0.3, 0.4) is 0 Å². The van der Waals surface area contributed by atoms with E-state index in [1.807, 2.05) is 12.1 Å². The van der Waals surface area contributed by atoms with E-state index in [-0.39, 0.29) is 6.04 Å². The average molecular weight is 366 g/mol. The SMILES string of the molecule is COc1ccc(Br)cc1CC(N)CSc1cccc(C)c1. The molecule has 1 atom stereocenters. The second-order valence-corrected chi connectivity index (χ2v) is 7.06. The number of hydrogen-bond acceptors (Lipinski definition) is 3. The third kappa shape index (κ3) is 5.06. The van der Waals surface area contributed by atoms with Gasteiger partial charge in [0.15, 0.2) is 0 Å². The minimum Gasteiger partial charge on any atom is -0.496 e. The third-order valence-corrected chi connectivity index (χ3v) is 4.85. The van der Waals surface area contributed by atoms with E-state index >= 15 is 0 Å². The monoisotopic (exact) mass is 365 g/mol. The molecular formula is C17H20BrNOS. The molecule has 112 valence electrons. The van der Waals surface area contributed by atoms with Crippen LogP contribution in [-0.2, 0) is 6.42 Å². The lowest BCUT2D eigenvalue weighted by Gasteiger charge is -2.14. The molecule has 0 spiro atoms. The van der Waals surface area contributed by atoms with Crippen LogP contribution in [0.1, 0.15) is 11.1 Å². The predicted octanol–water partition coefficient (Wildman–Crippen LogP) is 4.43. The van der Waals surface area contributed by atoms with E-state index in [0.717, 1.165) is 28.0 Å². The molecule has 21 heavy (non-hydrogen) atoms. The normalized spacial score (nSPS) is 12.2. The molecule has 0 aromatic heterocycles. The van der Waals surface area contributed by atoms with Gasteiger partial charge >= 0.3 is 0 Å². The molecule has 2 aromatic carbocycles. The van der Waals surface area contributed by atoms with Crippen LogP contribution in [-0.4, -0.2) is 18.9 Å². The molecule has 2 rings (SSSR count).